The first-order chi connectivity index (χ1) is 17.7. The molecule has 0 saturated heterocycles. The highest BCUT2D eigenvalue weighted by molar-refractivity contribution is 7.46. The van der Waals surface area contributed by atoms with Gasteiger partial charge >= 0.3 is 7.82 Å². The topological polar surface area (TPSA) is 127 Å². The van der Waals surface area contributed by atoms with Crippen molar-refractivity contribution >= 4 is 7.82 Å². The monoisotopic (exact) mass is 558 g/mol. The van der Waals surface area contributed by atoms with Crippen LogP contribution >= 0.6 is 7.82 Å². The minimum absolute atomic E-state index is 0.0766. The molecule has 222 valence electrons. The summed E-state index contributed by atoms with van der Waals surface area (Å²) in [7, 11) is -4.50. The number of hydrogen-bond donors (Lipinski definition) is 5. The third kappa shape index (κ3) is 7.51. The molecule has 0 heterocycles. The normalized spacial score (nSPS) is 38.3. The van der Waals surface area contributed by atoms with E-state index in [-0.39, 0.29) is 6.10 Å². The van der Waals surface area contributed by atoms with Crippen LogP contribution in [0.25, 0.3) is 0 Å². The molecule has 9 atom stereocenters. The van der Waals surface area contributed by atoms with E-state index in [0.717, 1.165) is 48.3 Å². The van der Waals surface area contributed by atoms with E-state index in [0.29, 0.717) is 10.8 Å². The Morgan fingerprint density at radius 1 is 1.05 bits per heavy atom. The van der Waals surface area contributed by atoms with E-state index in [1.54, 1.807) is 5.57 Å². The van der Waals surface area contributed by atoms with Crippen molar-refractivity contribution in [3.05, 3.63) is 11.6 Å². The Kier molecular flexibility index (Phi) is 11.2. The Morgan fingerprint density at radius 3 is 2.39 bits per heavy atom. The molecule has 0 bridgehead atoms. The molecule has 5 N–H and O–H groups in total. The van der Waals surface area contributed by atoms with Gasteiger partial charge in [-0.2, -0.15) is 0 Å². The number of aliphatic hydroxyl groups excluding tert-OH is 3. The zero-order valence-corrected chi connectivity index (χ0v) is 25.3. The van der Waals surface area contributed by atoms with Crippen LogP contribution in [0.15, 0.2) is 11.6 Å². The van der Waals surface area contributed by atoms with Gasteiger partial charge in [-0.25, -0.2) is 4.57 Å². The van der Waals surface area contributed by atoms with Gasteiger partial charge in [0.2, 0.25) is 0 Å². The second-order valence-corrected chi connectivity index (χ2v) is 15.0. The molecule has 1 unspecified atom stereocenters. The van der Waals surface area contributed by atoms with Crippen molar-refractivity contribution in [2.24, 2.45) is 46.3 Å². The second kappa shape index (κ2) is 13.1. The number of allylic oxidation sites excluding steroid dienone is 1. The standard InChI is InChI=1S/C27H46O.C3H9O6P/c1-18(2)7-6-8-19(3)23-11-12-24-22-10-9-20-17-21(28)13-15-26(20,4)25(22)14-16-27(23,24)5;4-1-3(5)2-9-10(6,7)8/h9,18-19,21-25,28H,6-8,10-17H2,1-5H3;3-5H,1-2H2,(H2,6,7,8)/t19-,21+,22+,23-,24+,25+,26+,27-;/m1./s1. The van der Waals surface area contributed by atoms with Crippen molar-refractivity contribution < 1.29 is 34.2 Å². The molecule has 0 spiro atoms. The Labute approximate surface area is 230 Å². The molecule has 0 radical (unpaired) electrons. The number of aliphatic hydroxyl groups is 3. The molecular formula is C30H55O7P. The SMILES string of the molecule is CC(C)CCC[C@@H](C)[C@H]1CC[C@H]2[C@@H]3CC=C4C[C@@H](O)CC[C@]4(C)[C@H]3CC[C@]12C.O=P(O)(O)OCC(O)CO. The predicted molar refractivity (Wildman–Crippen MR) is 150 cm³/mol. The maximum atomic E-state index is 10.2. The first-order valence-corrected chi connectivity index (χ1v) is 16.6. The van der Waals surface area contributed by atoms with E-state index < -0.39 is 27.1 Å². The van der Waals surface area contributed by atoms with Crippen molar-refractivity contribution in [3.63, 3.8) is 0 Å². The number of fused-ring (bicyclic) bond motifs is 5. The van der Waals surface area contributed by atoms with E-state index in [9.17, 15) is 9.67 Å². The molecule has 4 rings (SSSR count). The summed E-state index contributed by atoms with van der Waals surface area (Å²) in [5, 5.41) is 26.9. The maximum absolute atomic E-state index is 10.2. The van der Waals surface area contributed by atoms with Crippen LogP contribution in [0.1, 0.15) is 105 Å². The summed E-state index contributed by atoms with van der Waals surface area (Å²) >= 11 is 0. The lowest BCUT2D eigenvalue weighted by molar-refractivity contribution is -0.0573. The summed E-state index contributed by atoms with van der Waals surface area (Å²) in [6.07, 6.45) is 15.9. The molecule has 3 fully saturated rings. The third-order valence-electron chi connectivity index (χ3n) is 10.9. The molecule has 0 aromatic carbocycles. The van der Waals surface area contributed by atoms with Crippen LogP contribution in [0.4, 0.5) is 0 Å². The van der Waals surface area contributed by atoms with Gasteiger partial charge in [0.05, 0.1) is 19.3 Å². The average Bonchev–Trinajstić information content (AvgIpc) is 3.20. The Bertz CT molecular complexity index is 840. The largest absolute Gasteiger partial charge is 0.469 e. The minimum Gasteiger partial charge on any atom is -0.394 e. The fraction of sp³-hybridized carbons (Fsp3) is 0.933. The van der Waals surface area contributed by atoms with Gasteiger partial charge in [-0.15, -0.1) is 0 Å². The minimum atomic E-state index is -4.50. The van der Waals surface area contributed by atoms with E-state index >= 15 is 0 Å². The first kappa shape index (κ1) is 32.2. The van der Waals surface area contributed by atoms with E-state index in [4.69, 9.17) is 20.0 Å². The van der Waals surface area contributed by atoms with Gasteiger partial charge in [-0.3, -0.25) is 4.52 Å². The average molecular weight is 559 g/mol. The van der Waals surface area contributed by atoms with Crippen LogP contribution in [0.3, 0.4) is 0 Å². The Hall–Kier alpha value is -0.270. The van der Waals surface area contributed by atoms with Gasteiger partial charge in [0.15, 0.2) is 0 Å². The van der Waals surface area contributed by atoms with Crippen LogP contribution in [0, 0.1) is 46.3 Å². The van der Waals surface area contributed by atoms with E-state index in [2.05, 4.69) is 45.2 Å². The van der Waals surface area contributed by atoms with E-state index in [1.165, 1.54) is 57.8 Å². The summed E-state index contributed by atoms with van der Waals surface area (Å²) in [5.74, 6) is 5.46. The lowest BCUT2D eigenvalue weighted by Gasteiger charge is -2.58. The number of phosphoric acid groups is 1. The van der Waals surface area contributed by atoms with Gasteiger partial charge < -0.3 is 25.1 Å². The third-order valence-corrected chi connectivity index (χ3v) is 11.4. The lowest BCUT2D eigenvalue weighted by Crippen LogP contribution is -2.50. The molecule has 4 aliphatic carbocycles. The summed E-state index contributed by atoms with van der Waals surface area (Å²) < 4.78 is 13.8. The first-order valence-electron chi connectivity index (χ1n) is 15.1. The van der Waals surface area contributed by atoms with Crippen LogP contribution in [0.2, 0.25) is 0 Å². The summed E-state index contributed by atoms with van der Waals surface area (Å²) in [4.78, 5) is 16.1. The van der Waals surface area contributed by atoms with Gasteiger partial charge in [-0.1, -0.05) is 65.5 Å². The highest BCUT2D eigenvalue weighted by Gasteiger charge is 2.59. The van der Waals surface area contributed by atoms with Crippen molar-refractivity contribution in [2.75, 3.05) is 13.2 Å². The smallest absolute Gasteiger partial charge is 0.394 e. The van der Waals surface area contributed by atoms with Crippen LogP contribution in [0.5, 0.6) is 0 Å². The molecule has 38 heavy (non-hydrogen) atoms. The predicted octanol–water partition coefficient (Wildman–Crippen LogP) is 5.84. The van der Waals surface area contributed by atoms with Gasteiger partial charge in [0, 0.05) is 0 Å². The molecule has 0 aromatic rings. The van der Waals surface area contributed by atoms with Gasteiger partial charge in [0.1, 0.15) is 6.10 Å². The lowest BCUT2D eigenvalue weighted by atomic mass is 9.47. The molecule has 0 aliphatic heterocycles. The van der Waals surface area contributed by atoms with Gasteiger partial charge in [0.25, 0.3) is 0 Å². The number of phosphoric ester groups is 1. The molecule has 3 saturated carbocycles. The zero-order valence-electron chi connectivity index (χ0n) is 24.4. The molecule has 4 aliphatic rings. The molecular weight excluding hydrogens is 503 g/mol. The molecule has 0 amide bonds. The summed E-state index contributed by atoms with van der Waals surface area (Å²) in [6, 6.07) is 0. The molecule has 7 nitrogen and oxygen atoms in total. The second-order valence-electron chi connectivity index (χ2n) is 13.8. The number of hydrogen-bond acceptors (Lipinski definition) is 5. The molecule has 8 heteroatoms. The van der Waals surface area contributed by atoms with E-state index in [1.807, 2.05) is 0 Å². The Morgan fingerprint density at radius 2 is 1.76 bits per heavy atom. The Balaban J connectivity index is 0.000000342. The van der Waals surface area contributed by atoms with Crippen molar-refractivity contribution in [3.8, 4) is 0 Å². The highest BCUT2D eigenvalue weighted by atomic mass is 31.2. The quantitative estimate of drug-likeness (QED) is 0.178. The zero-order chi connectivity index (χ0) is 28.3. The fourth-order valence-electron chi connectivity index (χ4n) is 8.90. The maximum Gasteiger partial charge on any atom is 0.469 e. The van der Waals surface area contributed by atoms with Crippen LogP contribution in [-0.2, 0) is 9.09 Å². The van der Waals surface area contributed by atoms with Crippen molar-refractivity contribution in [1.29, 1.82) is 0 Å². The van der Waals surface area contributed by atoms with Crippen LogP contribution < -0.4 is 0 Å². The van der Waals surface area contributed by atoms with Crippen LogP contribution in [-0.4, -0.2) is 50.5 Å². The van der Waals surface area contributed by atoms with Crippen molar-refractivity contribution in [1.82, 2.24) is 0 Å². The van der Waals surface area contributed by atoms with Crippen molar-refractivity contribution in [2.45, 2.75) is 117 Å². The summed E-state index contributed by atoms with van der Waals surface area (Å²) in [5.41, 5.74) is 2.60. The van der Waals surface area contributed by atoms with Gasteiger partial charge in [-0.05, 0) is 97.7 Å². The highest BCUT2D eigenvalue weighted by Crippen LogP contribution is 2.67. The number of rotatable bonds is 9. The molecule has 0 aromatic heterocycles. The summed E-state index contributed by atoms with van der Waals surface area (Å²) in [6.45, 7) is 11.4. The fourth-order valence-corrected chi connectivity index (χ4v) is 9.27.